The van der Waals surface area contributed by atoms with Gasteiger partial charge in [-0.3, -0.25) is 4.79 Å². The molecule has 3 atom stereocenters. The lowest BCUT2D eigenvalue weighted by Crippen LogP contribution is -2.36. The van der Waals surface area contributed by atoms with Gasteiger partial charge in [0.2, 0.25) is 5.91 Å². The van der Waals surface area contributed by atoms with E-state index < -0.39 is 0 Å². The number of azide groups is 1. The first-order valence-corrected chi connectivity index (χ1v) is 11.4. The highest BCUT2D eigenvalue weighted by Crippen LogP contribution is 2.33. The molecule has 2 heterocycles. The average molecular weight is 445 g/mol. The molecule has 2 aliphatic heterocycles. The molecule has 0 aromatic rings. The van der Waals surface area contributed by atoms with Gasteiger partial charge in [-0.2, -0.15) is 11.8 Å². The second-order valence-electron chi connectivity index (χ2n) is 7.01. The number of thioether (sulfide) groups is 1. The number of rotatable bonds is 17. The molecule has 3 N–H and O–H groups in total. The number of unbranched alkanes of at least 4 members (excludes halogenated alkanes) is 1. The summed E-state index contributed by atoms with van der Waals surface area (Å²) in [7, 11) is 0. The zero-order valence-electron chi connectivity index (χ0n) is 17.2. The number of urea groups is 1. The third-order valence-corrected chi connectivity index (χ3v) is 6.30. The highest BCUT2D eigenvalue weighted by Gasteiger charge is 2.42. The summed E-state index contributed by atoms with van der Waals surface area (Å²) in [6, 6.07) is 0.426. The van der Waals surface area contributed by atoms with Gasteiger partial charge >= 0.3 is 6.03 Å². The topological polar surface area (TPSA) is 147 Å². The molecular formula is C18H32N6O5S. The number of carbonyl (C=O) groups excluding carboxylic acids is 2. The molecule has 0 aromatic heterocycles. The van der Waals surface area contributed by atoms with Crippen LogP contribution in [0.1, 0.15) is 25.7 Å². The molecule has 0 bridgehead atoms. The van der Waals surface area contributed by atoms with Crippen molar-refractivity contribution >= 4 is 23.7 Å². The molecule has 3 amide bonds. The third kappa shape index (κ3) is 9.86. The average Bonchev–Trinajstić information content (AvgIpc) is 3.28. The monoisotopic (exact) mass is 444 g/mol. The van der Waals surface area contributed by atoms with Crippen molar-refractivity contribution in [3.63, 3.8) is 0 Å². The summed E-state index contributed by atoms with van der Waals surface area (Å²) >= 11 is 1.90. The predicted molar refractivity (Wildman–Crippen MR) is 113 cm³/mol. The summed E-state index contributed by atoms with van der Waals surface area (Å²) in [6.07, 6.45) is 3.36. The number of fused-ring (bicyclic) bond motifs is 1. The van der Waals surface area contributed by atoms with E-state index in [1.807, 2.05) is 11.8 Å². The second-order valence-corrected chi connectivity index (χ2v) is 8.28. The number of hydrogen-bond donors (Lipinski definition) is 3. The van der Waals surface area contributed by atoms with Crippen LogP contribution in [0.15, 0.2) is 5.11 Å². The first kappa shape index (κ1) is 24.5. The summed E-state index contributed by atoms with van der Waals surface area (Å²) < 4.78 is 15.9. The maximum atomic E-state index is 11.9. The largest absolute Gasteiger partial charge is 0.379 e. The van der Waals surface area contributed by atoms with Crippen LogP contribution >= 0.6 is 11.8 Å². The van der Waals surface area contributed by atoms with E-state index >= 15 is 0 Å². The highest BCUT2D eigenvalue weighted by atomic mass is 32.2. The van der Waals surface area contributed by atoms with E-state index in [2.05, 4.69) is 26.0 Å². The molecular weight excluding hydrogens is 412 g/mol. The molecule has 0 aromatic carbocycles. The molecule has 2 aliphatic rings. The second kappa shape index (κ2) is 15.1. The molecule has 0 spiro atoms. The normalized spacial score (nSPS) is 22.1. The molecule has 2 saturated heterocycles. The molecule has 30 heavy (non-hydrogen) atoms. The Labute approximate surface area is 181 Å². The minimum atomic E-state index is -0.0589. The van der Waals surface area contributed by atoms with Gasteiger partial charge in [-0.25, -0.2) is 4.79 Å². The standard InChI is InChI=1S/C18H32N6O5S/c19-24-21-6-8-28-10-12-29-11-9-27-7-5-20-16(25)4-2-1-3-15-17-14(13-30-15)22-18(26)23-17/h14-15,17H,1-13H2,(H,20,25)(H2,22,23,26)/t14-,15+,17-/m1/s1. The van der Waals surface area contributed by atoms with Gasteiger partial charge in [0.1, 0.15) is 0 Å². The van der Waals surface area contributed by atoms with Crippen LogP contribution in [-0.4, -0.2) is 87.8 Å². The van der Waals surface area contributed by atoms with Crippen LogP contribution in [0.5, 0.6) is 0 Å². The van der Waals surface area contributed by atoms with Crippen molar-refractivity contribution in [2.45, 2.75) is 43.0 Å². The number of amides is 3. The van der Waals surface area contributed by atoms with Crippen molar-refractivity contribution in [3.05, 3.63) is 10.4 Å². The summed E-state index contributed by atoms with van der Waals surface area (Å²) in [5.74, 6) is 1.01. The fourth-order valence-corrected chi connectivity index (χ4v) is 4.86. The van der Waals surface area contributed by atoms with E-state index in [0.29, 0.717) is 64.4 Å². The lowest BCUT2D eigenvalue weighted by molar-refractivity contribution is -0.121. The Morgan fingerprint density at radius 2 is 1.87 bits per heavy atom. The molecule has 0 saturated carbocycles. The van der Waals surface area contributed by atoms with Gasteiger partial charge in [0, 0.05) is 35.4 Å². The summed E-state index contributed by atoms with van der Waals surface area (Å²) in [6.45, 7) is 3.48. The van der Waals surface area contributed by atoms with Crippen molar-refractivity contribution in [3.8, 4) is 0 Å². The number of carbonyl (C=O) groups is 2. The SMILES string of the molecule is [N-]=[N+]=NCCOCCOCCOCCNC(=O)CCCC[C@@H]1SC[C@H]2NC(=O)N[C@@H]12. The van der Waals surface area contributed by atoms with Gasteiger partial charge in [-0.1, -0.05) is 11.5 Å². The molecule has 11 nitrogen and oxygen atoms in total. The van der Waals surface area contributed by atoms with E-state index in [0.717, 1.165) is 25.0 Å². The fourth-order valence-electron chi connectivity index (χ4n) is 3.32. The Kier molecular flexibility index (Phi) is 12.4. The van der Waals surface area contributed by atoms with E-state index in [1.165, 1.54) is 0 Å². The maximum Gasteiger partial charge on any atom is 0.315 e. The fraction of sp³-hybridized carbons (Fsp3) is 0.889. The minimum Gasteiger partial charge on any atom is -0.379 e. The number of hydrogen-bond acceptors (Lipinski definition) is 7. The zero-order chi connectivity index (χ0) is 21.4. The summed E-state index contributed by atoms with van der Waals surface area (Å²) in [4.78, 5) is 25.9. The van der Waals surface area contributed by atoms with Gasteiger partial charge in [0.25, 0.3) is 0 Å². The number of nitrogens with zero attached hydrogens (tertiary/aromatic N) is 3. The van der Waals surface area contributed by atoms with E-state index in [4.69, 9.17) is 19.7 Å². The van der Waals surface area contributed by atoms with Gasteiger partial charge in [0.15, 0.2) is 0 Å². The molecule has 2 fully saturated rings. The Morgan fingerprint density at radius 1 is 1.13 bits per heavy atom. The van der Waals surface area contributed by atoms with Crippen molar-refractivity contribution in [2.75, 3.05) is 58.5 Å². The van der Waals surface area contributed by atoms with Crippen molar-refractivity contribution in [2.24, 2.45) is 5.11 Å². The lowest BCUT2D eigenvalue weighted by atomic mass is 10.0. The predicted octanol–water partition coefficient (Wildman–Crippen LogP) is 1.19. The molecule has 0 unspecified atom stereocenters. The number of ether oxygens (including phenoxy) is 3. The van der Waals surface area contributed by atoms with E-state index in [-0.39, 0.29) is 24.0 Å². The first-order chi connectivity index (χ1) is 14.7. The third-order valence-electron chi connectivity index (χ3n) is 4.79. The van der Waals surface area contributed by atoms with Crippen LogP contribution in [0, 0.1) is 0 Å². The molecule has 170 valence electrons. The molecule has 12 heteroatoms. The summed E-state index contributed by atoms with van der Waals surface area (Å²) in [5.41, 5.74) is 8.10. The molecule has 2 rings (SSSR count). The van der Waals surface area contributed by atoms with Crippen molar-refractivity contribution < 1.29 is 23.8 Å². The van der Waals surface area contributed by atoms with Crippen LogP contribution < -0.4 is 16.0 Å². The number of nitrogens with one attached hydrogen (secondary N) is 3. The molecule has 0 radical (unpaired) electrons. The van der Waals surface area contributed by atoms with E-state index in [1.54, 1.807) is 0 Å². The van der Waals surface area contributed by atoms with Gasteiger partial charge in [0.05, 0.1) is 51.7 Å². The van der Waals surface area contributed by atoms with Crippen LogP contribution in [0.4, 0.5) is 4.79 Å². The maximum absolute atomic E-state index is 11.9. The Bertz CT molecular complexity index is 577. The highest BCUT2D eigenvalue weighted by molar-refractivity contribution is 8.00. The minimum absolute atomic E-state index is 0.0421. The Morgan fingerprint density at radius 3 is 2.63 bits per heavy atom. The van der Waals surface area contributed by atoms with Crippen molar-refractivity contribution in [1.29, 1.82) is 0 Å². The van der Waals surface area contributed by atoms with Gasteiger partial charge in [-0.15, -0.1) is 0 Å². The van der Waals surface area contributed by atoms with Crippen LogP contribution in [0.3, 0.4) is 0 Å². The molecule has 0 aliphatic carbocycles. The van der Waals surface area contributed by atoms with Crippen LogP contribution in [0.2, 0.25) is 0 Å². The first-order valence-electron chi connectivity index (χ1n) is 10.4. The Hall–Kier alpha value is -1.72. The van der Waals surface area contributed by atoms with Gasteiger partial charge in [-0.05, 0) is 18.4 Å². The van der Waals surface area contributed by atoms with Crippen LogP contribution in [-0.2, 0) is 19.0 Å². The van der Waals surface area contributed by atoms with Crippen molar-refractivity contribution in [1.82, 2.24) is 16.0 Å². The van der Waals surface area contributed by atoms with Gasteiger partial charge < -0.3 is 30.2 Å². The van der Waals surface area contributed by atoms with E-state index in [9.17, 15) is 9.59 Å². The smallest absolute Gasteiger partial charge is 0.315 e. The lowest BCUT2D eigenvalue weighted by Gasteiger charge is -2.16. The van der Waals surface area contributed by atoms with Crippen LogP contribution in [0.25, 0.3) is 10.4 Å². The summed E-state index contributed by atoms with van der Waals surface area (Å²) in [5, 5.41) is 12.6. The zero-order valence-corrected chi connectivity index (χ0v) is 18.0. The Balaban J connectivity index is 1.32. The quantitative estimate of drug-likeness (QED) is 0.101.